The molecule has 0 saturated carbocycles. The van der Waals surface area contributed by atoms with Crippen molar-refractivity contribution in [2.75, 3.05) is 17.2 Å². The van der Waals surface area contributed by atoms with E-state index in [2.05, 4.69) is 19.9 Å². The Bertz CT molecular complexity index is 1120. The molecule has 9 nitrogen and oxygen atoms in total. The van der Waals surface area contributed by atoms with Crippen molar-refractivity contribution in [1.82, 2.24) is 20.1 Å². The summed E-state index contributed by atoms with van der Waals surface area (Å²) in [5, 5.41) is 10.1. The molecule has 4 rings (SSSR count). The van der Waals surface area contributed by atoms with Gasteiger partial charge in [-0.15, -0.1) is 4.40 Å². The van der Waals surface area contributed by atoms with Crippen LogP contribution in [0.25, 0.3) is 0 Å². The van der Waals surface area contributed by atoms with Gasteiger partial charge in [0, 0.05) is 23.5 Å². The number of amides is 1. The first-order chi connectivity index (χ1) is 12.9. The number of H-pyrrole nitrogens is 1. The van der Waals surface area contributed by atoms with Crippen molar-refractivity contribution >= 4 is 50.8 Å². The number of benzene rings is 1. The summed E-state index contributed by atoms with van der Waals surface area (Å²) >= 11 is 6.40. The number of nitrogens with one attached hydrogen (secondary N) is 2. The third-order valence-electron chi connectivity index (χ3n) is 4.30. The van der Waals surface area contributed by atoms with Crippen molar-refractivity contribution in [2.24, 2.45) is 4.40 Å². The van der Waals surface area contributed by atoms with Crippen molar-refractivity contribution in [3.05, 3.63) is 34.4 Å². The number of amidine groups is 1. The molecule has 2 aliphatic heterocycles. The van der Waals surface area contributed by atoms with E-state index >= 15 is 0 Å². The number of fused-ring (bicyclic) bond motifs is 3. The molecule has 0 spiro atoms. The first-order valence-corrected chi connectivity index (χ1v) is 11.1. The molecule has 3 heterocycles. The molecule has 1 amide bonds. The van der Waals surface area contributed by atoms with Crippen molar-refractivity contribution in [2.45, 2.75) is 24.9 Å². The van der Waals surface area contributed by atoms with Gasteiger partial charge in [-0.25, -0.2) is 8.42 Å². The second-order valence-corrected chi connectivity index (χ2v) is 9.12. The average Bonchev–Trinajstić information content (AvgIpc) is 3.16. The van der Waals surface area contributed by atoms with Gasteiger partial charge in [0.2, 0.25) is 0 Å². The van der Waals surface area contributed by atoms with Gasteiger partial charge in [0.05, 0.1) is 18.0 Å². The molecule has 0 bridgehead atoms. The fourth-order valence-corrected chi connectivity index (χ4v) is 5.52. The fraction of sp³-hybridized carbons (Fsp3) is 0.333. The quantitative estimate of drug-likeness (QED) is 0.715. The number of carbonyl (C=O) groups is 1. The highest BCUT2D eigenvalue weighted by atomic mass is 32.2. The van der Waals surface area contributed by atoms with Gasteiger partial charge in [-0.2, -0.15) is 5.10 Å². The SMILES string of the molecule is CCn1c(CNC(=O)c2ccc3c(c2)SC2=NS(=O)(=O)CCN23)n[nH]c1=S. The Kier molecular flexibility index (Phi) is 4.56. The molecule has 2 N–H and O–H groups in total. The lowest BCUT2D eigenvalue weighted by Gasteiger charge is -2.22. The Balaban J connectivity index is 1.52. The lowest BCUT2D eigenvalue weighted by Crippen LogP contribution is -2.35. The number of carbonyl (C=O) groups excluding carboxylic acids is 1. The smallest absolute Gasteiger partial charge is 0.257 e. The maximum Gasteiger partial charge on any atom is 0.257 e. The van der Waals surface area contributed by atoms with Gasteiger partial charge >= 0.3 is 0 Å². The van der Waals surface area contributed by atoms with E-state index in [1.165, 1.54) is 11.8 Å². The number of aromatic amines is 1. The molecular formula is C15H16N6O3S3. The second-order valence-electron chi connectivity index (χ2n) is 5.97. The molecule has 142 valence electrons. The highest BCUT2D eigenvalue weighted by Crippen LogP contribution is 2.42. The molecule has 1 aromatic carbocycles. The van der Waals surface area contributed by atoms with E-state index in [9.17, 15) is 13.2 Å². The maximum atomic E-state index is 12.5. The van der Waals surface area contributed by atoms with Crippen LogP contribution < -0.4 is 10.2 Å². The lowest BCUT2D eigenvalue weighted by atomic mass is 10.2. The zero-order valence-electron chi connectivity index (χ0n) is 14.3. The number of thioether (sulfide) groups is 1. The van der Waals surface area contributed by atoms with Crippen LogP contribution >= 0.6 is 24.0 Å². The second kappa shape index (κ2) is 6.77. The van der Waals surface area contributed by atoms with E-state index < -0.39 is 10.0 Å². The Hall–Kier alpha value is -2.18. The molecule has 0 saturated heterocycles. The lowest BCUT2D eigenvalue weighted by molar-refractivity contribution is 0.0949. The highest BCUT2D eigenvalue weighted by Gasteiger charge is 2.33. The zero-order chi connectivity index (χ0) is 19.2. The topological polar surface area (TPSA) is 112 Å². The Labute approximate surface area is 164 Å². The molecule has 1 aromatic heterocycles. The third kappa shape index (κ3) is 3.39. The van der Waals surface area contributed by atoms with E-state index in [0.29, 0.717) is 34.4 Å². The minimum Gasteiger partial charge on any atom is -0.345 e. The number of nitrogens with zero attached hydrogens (tertiary/aromatic N) is 4. The van der Waals surface area contributed by atoms with E-state index in [-0.39, 0.29) is 18.2 Å². The van der Waals surface area contributed by atoms with E-state index in [1.807, 2.05) is 22.5 Å². The number of hydrogen-bond acceptors (Lipinski definition) is 7. The molecular weight excluding hydrogens is 408 g/mol. The molecule has 2 aromatic rings. The van der Waals surface area contributed by atoms with Gasteiger partial charge in [0.25, 0.3) is 15.9 Å². The summed E-state index contributed by atoms with van der Waals surface area (Å²) in [6.07, 6.45) is 0. The molecule has 27 heavy (non-hydrogen) atoms. The summed E-state index contributed by atoms with van der Waals surface area (Å²) in [5.74, 6) is 0.405. The van der Waals surface area contributed by atoms with Crippen LogP contribution in [0.5, 0.6) is 0 Å². The first-order valence-electron chi connectivity index (χ1n) is 8.22. The van der Waals surface area contributed by atoms with Crippen LogP contribution in [0.1, 0.15) is 23.1 Å². The number of sulfonamides is 1. The molecule has 0 fully saturated rings. The van der Waals surface area contributed by atoms with Crippen molar-refractivity contribution in [3.63, 3.8) is 0 Å². The van der Waals surface area contributed by atoms with Crippen LogP contribution in [0.4, 0.5) is 5.69 Å². The fourth-order valence-electron chi connectivity index (χ4n) is 2.94. The van der Waals surface area contributed by atoms with Crippen LogP contribution in [0.2, 0.25) is 0 Å². The number of anilines is 1. The van der Waals surface area contributed by atoms with E-state index in [1.54, 1.807) is 12.1 Å². The monoisotopic (exact) mass is 424 g/mol. The van der Waals surface area contributed by atoms with Gasteiger partial charge in [0.15, 0.2) is 15.8 Å². The predicted molar refractivity (Wildman–Crippen MR) is 105 cm³/mol. The minimum atomic E-state index is -3.40. The summed E-state index contributed by atoms with van der Waals surface area (Å²) in [4.78, 5) is 15.2. The van der Waals surface area contributed by atoms with Crippen LogP contribution in [0.15, 0.2) is 27.5 Å². The van der Waals surface area contributed by atoms with Crippen LogP contribution in [-0.4, -0.2) is 46.6 Å². The molecule has 0 radical (unpaired) electrons. The van der Waals surface area contributed by atoms with Crippen molar-refractivity contribution < 1.29 is 13.2 Å². The predicted octanol–water partition coefficient (Wildman–Crippen LogP) is 1.50. The summed E-state index contributed by atoms with van der Waals surface area (Å²) in [7, 11) is -3.40. The van der Waals surface area contributed by atoms with Gasteiger partial charge in [-0.05, 0) is 49.1 Å². The average molecular weight is 425 g/mol. The number of hydrogen-bond donors (Lipinski definition) is 2. The van der Waals surface area contributed by atoms with Crippen LogP contribution in [0.3, 0.4) is 0 Å². The third-order valence-corrected chi connectivity index (χ3v) is 6.91. The van der Waals surface area contributed by atoms with Crippen LogP contribution in [0, 0.1) is 4.77 Å². The van der Waals surface area contributed by atoms with Crippen LogP contribution in [-0.2, 0) is 23.1 Å². The van der Waals surface area contributed by atoms with E-state index in [4.69, 9.17) is 12.2 Å². The molecule has 12 heteroatoms. The standard InChI is InChI=1S/C15H16N6O3S3/c1-2-20-12(17-18-14(20)25)8-16-13(22)9-3-4-10-11(7-9)26-15-19-27(23,24)6-5-21(10)15/h3-4,7H,2,5-6,8H2,1H3,(H,16,22)(H,18,25). The summed E-state index contributed by atoms with van der Waals surface area (Å²) < 4.78 is 29.5. The molecule has 2 aliphatic rings. The normalized spacial score (nSPS) is 17.2. The van der Waals surface area contributed by atoms with Crippen molar-refractivity contribution in [1.29, 1.82) is 0 Å². The van der Waals surface area contributed by atoms with Crippen molar-refractivity contribution in [3.8, 4) is 0 Å². The van der Waals surface area contributed by atoms with E-state index in [0.717, 1.165) is 10.6 Å². The Morgan fingerprint density at radius 3 is 3.04 bits per heavy atom. The minimum absolute atomic E-state index is 0.00925. The van der Waals surface area contributed by atoms with Gasteiger partial charge < -0.3 is 14.8 Å². The summed E-state index contributed by atoms with van der Waals surface area (Å²) in [5.41, 5.74) is 1.36. The summed E-state index contributed by atoms with van der Waals surface area (Å²) in [6, 6.07) is 5.29. The zero-order valence-corrected chi connectivity index (χ0v) is 16.7. The maximum absolute atomic E-state index is 12.5. The first kappa shape index (κ1) is 18.2. The Morgan fingerprint density at radius 1 is 1.44 bits per heavy atom. The number of aromatic nitrogens is 3. The van der Waals surface area contributed by atoms with Gasteiger partial charge in [0.1, 0.15) is 0 Å². The summed E-state index contributed by atoms with van der Waals surface area (Å²) in [6.45, 7) is 3.23. The molecule has 0 atom stereocenters. The Morgan fingerprint density at radius 2 is 2.26 bits per heavy atom. The molecule has 0 aliphatic carbocycles. The molecule has 0 unspecified atom stereocenters. The highest BCUT2D eigenvalue weighted by molar-refractivity contribution is 8.15. The van der Waals surface area contributed by atoms with Gasteiger partial charge in [-0.1, -0.05) is 0 Å². The largest absolute Gasteiger partial charge is 0.345 e. The van der Waals surface area contributed by atoms with Gasteiger partial charge in [-0.3, -0.25) is 9.89 Å². The number of rotatable bonds is 4.